The minimum Gasteiger partial charge on any atom is -0.341 e. The minimum atomic E-state index is -0.646. The molecule has 0 radical (unpaired) electrons. The molecule has 0 bridgehead atoms. The Kier molecular flexibility index (Phi) is 6.28. The molecule has 0 spiro atoms. The maximum atomic E-state index is 13.1. The Bertz CT molecular complexity index is 716. The highest BCUT2D eigenvalue weighted by molar-refractivity contribution is 6.35. The van der Waals surface area contributed by atoms with Gasteiger partial charge in [0.25, 0.3) is 0 Å². The van der Waals surface area contributed by atoms with Crippen molar-refractivity contribution < 1.29 is 14.0 Å². The molecular weight excluding hydrogens is 319 g/mol. The van der Waals surface area contributed by atoms with E-state index in [-0.39, 0.29) is 17.9 Å². The Labute approximate surface area is 147 Å². The lowest BCUT2D eigenvalue weighted by Crippen LogP contribution is -2.44. The Morgan fingerprint density at radius 2 is 1.60 bits per heavy atom. The van der Waals surface area contributed by atoms with Gasteiger partial charge in [-0.25, -0.2) is 4.39 Å². The molecule has 2 atom stereocenters. The second kappa shape index (κ2) is 8.42. The van der Waals surface area contributed by atoms with Crippen LogP contribution < -0.4 is 5.32 Å². The predicted octanol–water partition coefficient (Wildman–Crippen LogP) is 3.61. The number of nitrogens with zero attached hydrogens (tertiary/aromatic N) is 1. The molecule has 0 saturated heterocycles. The van der Waals surface area contributed by atoms with E-state index in [2.05, 4.69) is 5.32 Å². The number of carbonyl (C=O) groups excluding carboxylic acids is 2. The predicted molar refractivity (Wildman–Crippen MR) is 95.2 cm³/mol. The van der Waals surface area contributed by atoms with E-state index in [4.69, 9.17) is 0 Å². The van der Waals surface area contributed by atoms with Gasteiger partial charge in [-0.05, 0) is 44.0 Å². The first-order chi connectivity index (χ1) is 11.9. The van der Waals surface area contributed by atoms with Crippen LogP contribution in [0.1, 0.15) is 44.0 Å². The summed E-state index contributed by atoms with van der Waals surface area (Å²) in [5.74, 6) is -1.57. The maximum Gasteiger partial charge on any atom is 0.312 e. The van der Waals surface area contributed by atoms with Crippen LogP contribution in [0.2, 0.25) is 0 Å². The molecule has 0 saturated carbocycles. The fourth-order valence-electron chi connectivity index (χ4n) is 2.73. The monoisotopic (exact) mass is 342 g/mol. The summed E-state index contributed by atoms with van der Waals surface area (Å²) in [7, 11) is 0. The number of amides is 2. The van der Waals surface area contributed by atoms with Gasteiger partial charge >= 0.3 is 11.8 Å². The average molecular weight is 342 g/mol. The third-order valence-electron chi connectivity index (χ3n) is 4.26. The molecule has 4 nitrogen and oxygen atoms in total. The van der Waals surface area contributed by atoms with Crippen LogP contribution in [-0.2, 0) is 9.59 Å². The molecule has 132 valence electrons. The number of hydrogen-bond acceptors (Lipinski definition) is 2. The van der Waals surface area contributed by atoms with Crippen LogP contribution in [0, 0.1) is 5.82 Å². The molecule has 0 aliphatic rings. The molecule has 1 N–H and O–H groups in total. The fourth-order valence-corrected chi connectivity index (χ4v) is 2.73. The number of carbonyl (C=O) groups is 2. The smallest absolute Gasteiger partial charge is 0.312 e. The third kappa shape index (κ3) is 4.66. The highest BCUT2D eigenvalue weighted by Gasteiger charge is 2.26. The zero-order chi connectivity index (χ0) is 18.4. The number of benzene rings is 2. The van der Waals surface area contributed by atoms with Crippen molar-refractivity contribution in [3.05, 3.63) is 71.5 Å². The largest absolute Gasteiger partial charge is 0.341 e. The Hall–Kier alpha value is -2.69. The van der Waals surface area contributed by atoms with E-state index >= 15 is 0 Å². The molecular formula is C20H23FN2O2. The van der Waals surface area contributed by atoms with Gasteiger partial charge in [0.2, 0.25) is 0 Å². The van der Waals surface area contributed by atoms with Crippen molar-refractivity contribution in [3.63, 3.8) is 0 Å². The van der Waals surface area contributed by atoms with Gasteiger partial charge in [0, 0.05) is 6.54 Å². The first-order valence-electron chi connectivity index (χ1n) is 8.36. The van der Waals surface area contributed by atoms with E-state index in [1.54, 1.807) is 12.1 Å². The van der Waals surface area contributed by atoms with Gasteiger partial charge in [-0.3, -0.25) is 9.59 Å². The molecule has 25 heavy (non-hydrogen) atoms. The Morgan fingerprint density at radius 3 is 2.16 bits per heavy atom. The van der Waals surface area contributed by atoms with Crippen molar-refractivity contribution >= 4 is 11.8 Å². The van der Waals surface area contributed by atoms with E-state index in [1.807, 2.05) is 51.1 Å². The van der Waals surface area contributed by atoms with Crippen molar-refractivity contribution in [2.24, 2.45) is 0 Å². The molecule has 0 fully saturated rings. The first-order valence-corrected chi connectivity index (χ1v) is 8.36. The molecule has 0 aromatic heterocycles. The SMILES string of the molecule is CCN(C(=O)C(=O)N[C@H](C)c1ccccc1)[C@H](C)c1ccc(F)cc1. The summed E-state index contributed by atoms with van der Waals surface area (Å²) in [6.07, 6.45) is 0. The summed E-state index contributed by atoms with van der Waals surface area (Å²) < 4.78 is 13.1. The number of halogens is 1. The number of rotatable bonds is 5. The number of hydrogen-bond donors (Lipinski definition) is 1. The van der Waals surface area contributed by atoms with Gasteiger partial charge < -0.3 is 10.2 Å². The lowest BCUT2D eigenvalue weighted by molar-refractivity contribution is -0.147. The quantitative estimate of drug-likeness (QED) is 0.844. The van der Waals surface area contributed by atoms with Gasteiger partial charge in [0.15, 0.2) is 0 Å². The lowest BCUT2D eigenvalue weighted by atomic mass is 10.1. The van der Waals surface area contributed by atoms with Crippen LogP contribution >= 0.6 is 0 Å². The van der Waals surface area contributed by atoms with E-state index in [0.29, 0.717) is 6.54 Å². The van der Waals surface area contributed by atoms with E-state index in [1.165, 1.54) is 17.0 Å². The van der Waals surface area contributed by atoms with Gasteiger partial charge in [0.1, 0.15) is 5.82 Å². The summed E-state index contributed by atoms with van der Waals surface area (Å²) in [5.41, 5.74) is 1.71. The molecule has 5 heteroatoms. The molecule has 2 rings (SSSR count). The van der Waals surface area contributed by atoms with E-state index in [0.717, 1.165) is 11.1 Å². The number of likely N-dealkylation sites (N-methyl/N-ethyl adjacent to an activating group) is 1. The highest BCUT2D eigenvalue weighted by Crippen LogP contribution is 2.21. The van der Waals surface area contributed by atoms with Crippen molar-refractivity contribution in [3.8, 4) is 0 Å². The van der Waals surface area contributed by atoms with Crippen LogP contribution in [-0.4, -0.2) is 23.3 Å². The van der Waals surface area contributed by atoms with Crippen molar-refractivity contribution in [2.75, 3.05) is 6.54 Å². The molecule has 0 aliphatic heterocycles. The highest BCUT2D eigenvalue weighted by atomic mass is 19.1. The van der Waals surface area contributed by atoms with E-state index < -0.39 is 11.8 Å². The van der Waals surface area contributed by atoms with Crippen molar-refractivity contribution in [1.29, 1.82) is 0 Å². The average Bonchev–Trinajstić information content (AvgIpc) is 2.63. The fraction of sp³-hybridized carbons (Fsp3) is 0.300. The molecule has 2 aromatic rings. The summed E-state index contributed by atoms with van der Waals surface area (Å²) >= 11 is 0. The minimum absolute atomic E-state index is 0.266. The lowest BCUT2D eigenvalue weighted by Gasteiger charge is -2.28. The normalized spacial score (nSPS) is 13.0. The van der Waals surface area contributed by atoms with Crippen LogP contribution in [0.3, 0.4) is 0 Å². The van der Waals surface area contributed by atoms with Gasteiger partial charge in [-0.2, -0.15) is 0 Å². The second-order valence-electron chi connectivity index (χ2n) is 5.92. The van der Waals surface area contributed by atoms with E-state index in [9.17, 15) is 14.0 Å². The first kappa shape index (κ1) is 18.6. The van der Waals surface area contributed by atoms with Crippen molar-refractivity contribution in [2.45, 2.75) is 32.9 Å². The molecule has 0 heterocycles. The zero-order valence-corrected chi connectivity index (χ0v) is 14.7. The molecule has 0 unspecified atom stereocenters. The van der Waals surface area contributed by atoms with Crippen LogP contribution in [0.4, 0.5) is 4.39 Å². The third-order valence-corrected chi connectivity index (χ3v) is 4.26. The Morgan fingerprint density at radius 1 is 1.00 bits per heavy atom. The van der Waals surface area contributed by atoms with Gasteiger partial charge in [-0.15, -0.1) is 0 Å². The maximum absolute atomic E-state index is 13.1. The van der Waals surface area contributed by atoms with Gasteiger partial charge in [-0.1, -0.05) is 42.5 Å². The zero-order valence-electron chi connectivity index (χ0n) is 14.7. The number of nitrogens with one attached hydrogen (secondary N) is 1. The van der Waals surface area contributed by atoms with Crippen LogP contribution in [0.25, 0.3) is 0 Å². The summed E-state index contributed by atoms with van der Waals surface area (Å²) in [4.78, 5) is 26.4. The summed E-state index contributed by atoms with van der Waals surface area (Å²) in [6, 6.07) is 14.8. The Balaban J connectivity index is 2.07. The standard InChI is InChI=1S/C20H23FN2O2/c1-4-23(15(3)17-10-12-18(21)13-11-17)20(25)19(24)22-14(2)16-8-6-5-7-9-16/h5-15H,4H2,1-3H3,(H,22,24)/t14-,15-/m1/s1. The van der Waals surface area contributed by atoms with Crippen LogP contribution in [0.15, 0.2) is 54.6 Å². The summed E-state index contributed by atoms with van der Waals surface area (Å²) in [6.45, 7) is 5.85. The summed E-state index contributed by atoms with van der Waals surface area (Å²) in [5, 5.41) is 2.74. The topological polar surface area (TPSA) is 49.4 Å². The second-order valence-corrected chi connectivity index (χ2v) is 5.92. The van der Waals surface area contributed by atoms with Crippen molar-refractivity contribution in [1.82, 2.24) is 10.2 Å². The van der Waals surface area contributed by atoms with Gasteiger partial charge in [0.05, 0.1) is 12.1 Å². The molecule has 0 aliphatic carbocycles. The molecule has 2 amide bonds. The van der Waals surface area contributed by atoms with Crippen LogP contribution in [0.5, 0.6) is 0 Å². The molecule has 2 aromatic carbocycles.